The summed E-state index contributed by atoms with van der Waals surface area (Å²) in [6, 6.07) is 14.3. The van der Waals surface area contributed by atoms with Crippen LogP contribution in [-0.2, 0) is 10.8 Å². The van der Waals surface area contributed by atoms with Gasteiger partial charge in [-0.05, 0) is 23.4 Å². The van der Waals surface area contributed by atoms with E-state index < -0.39 is 18.9 Å². The van der Waals surface area contributed by atoms with Crippen LogP contribution in [0.25, 0.3) is 0 Å². The summed E-state index contributed by atoms with van der Waals surface area (Å²) in [4.78, 5) is 4.31. The maximum Gasteiger partial charge on any atom is 0.0872 e. The van der Waals surface area contributed by atoms with Crippen LogP contribution in [0.2, 0.25) is 19.6 Å². The lowest BCUT2D eigenvalue weighted by atomic mass is 10.3. The highest BCUT2D eigenvalue weighted by atomic mass is 32.2. The van der Waals surface area contributed by atoms with Gasteiger partial charge >= 0.3 is 0 Å². The van der Waals surface area contributed by atoms with Crippen molar-refractivity contribution in [3.8, 4) is 0 Å². The van der Waals surface area contributed by atoms with Crippen molar-refractivity contribution in [3.05, 3.63) is 42.5 Å². The second kappa shape index (κ2) is 4.61. The van der Waals surface area contributed by atoms with Crippen molar-refractivity contribution in [3.63, 3.8) is 0 Å². The van der Waals surface area contributed by atoms with E-state index in [0.29, 0.717) is 0 Å². The molecule has 1 atom stereocenters. The van der Waals surface area contributed by atoms with Gasteiger partial charge in [0.1, 0.15) is 0 Å². The molecule has 0 aromatic heterocycles. The SMILES string of the molecule is C[Si](C)(C)c1cccc2c1Sc1ccccc1S2=O. The Bertz CT molecular complexity index is 674. The van der Waals surface area contributed by atoms with Crippen molar-refractivity contribution < 1.29 is 4.21 Å². The minimum atomic E-state index is -1.42. The Morgan fingerprint density at radius 2 is 1.63 bits per heavy atom. The molecule has 1 aliphatic heterocycles. The second-order valence-corrected chi connectivity index (χ2v) is 13.2. The van der Waals surface area contributed by atoms with E-state index >= 15 is 0 Å². The summed E-state index contributed by atoms with van der Waals surface area (Å²) in [5.41, 5.74) is 0. The zero-order valence-electron chi connectivity index (χ0n) is 11.3. The summed E-state index contributed by atoms with van der Waals surface area (Å²) in [5, 5.41) is 1.41. The van der Waals surface area contributed by atoms with Crippen LogP contribution in [0.1, 0.15) is 0 Å². The van der Waals surface area contributed by atoms with E-state index in [4.69, 9.17) is 0 Å². The van der Waals surface area contributed by atoms with Gasteiger partial charge in [0.2, 0.25) is 0 Å². The fourth-order valence-corrected chi connectivity index (χ4v) is 7.60. The maximum atomic E-state index is 12.7. The van der Waals surface area contributed by atoms with E-state index in [0.717, 1.165) is 14.7 Å². The van der Waals surface area contributed by atoms with Gasteiger partial charge in [-0.15, -0.1) is 0 Å². The third-order valence-corrected chi connectivity index (χ3v) is 8.43. The maximum absolute atomic E-state index is 12.7. The molecular weight excluding hydrogens is 288 g/mol. The van der Waals surface area contributed by atoms with Crippen LogP contribution >= 0.6 is 11.8 Å². The summed E-state index contributed by atoms with van der Waals surface area (Å²) in [6.45, 7) is 7.02. The van der Waals surface area contributed by atoms with Crippen LogP contribution in [0, 0.1) is 0 Å². The van der Waals surface area contributed by atoms with Crippen molar-refractivity contribution in [2.24, 2.45) is 0 Å². The Balaban J connectivity index is 2.24. The minimum Gasteiger partial charge on any atom is -0.249 e. The molecule has 4 heteroatoms. The van der Waals surface area contributed by atoms with Gasteiger partial charge < -0.3 is 0 Å². The Morgan fingerprint density at radius 1 is 0.947 bits per heavy atom. The predicted molar refractivity (Wildman–Crippen MR) is 84.7 cm³/mol. The van der Waals surface area contributed by atoms with Gasteiger partial charge in [0.25, 0.3) is 0 Å². The molecule has 0 saturated carbocycles. The Kier molecular flexibility index (Phi) is 3.19. The number of hydrogen-bond donors (Lipinski definition) is 0. The molecule has 0 spiro atoms. The van der Waals surface area contributed by atoms with Crippen LogP contribution in [0.15, 0.2) is 62.0 Å². The minimum absolute atomic E-state index is 0.952. The third kappa shape index (κ3) is 2.22. The molecule has 1 unspecified atom stereocenters. The first-order chi connectivity index (χ1) is 8.98. The molecule has 1 aliphatic rings. The zero-order valence-corrected chi connectivity index (χ0v) is 13.9. The van der Waals surface area contributed by atoms with Crippen LogP contribution in [0.5, 0.6) is 0 Å². The Labute approximate surface area is 121 Å². The summed E-state index contributed by atoms with van der Waals surface area (Å²) in [6.07, 6.45) is 0. The summed E-state index contributed by atoms with van der Waals surface area (Å²) in [7, 11) is -2.45. The van der Waals surface area contributed by atoms with E-state index in [1.807, 2.05) is 24.3 Å². The van der Waals surface area contributed by atoms with Crippen molar-refractivity contribution in [1.82, 2.24) is 0 Å². The fraction of sp³-hybridized carbons (Fsp3) is 0.200. The molecule has 0 aliphatic carbocycles. The van der Waals surface area contributed by atoms with Crippen LogP contribution in [-0.4, -0.2) is 12.3 Å². The average molecular weight is 305 g/mol. The van der Waals surface area contributed by atoms with Crippen molar-refractivity contribution in [1.29, 1.82) is 0 Å². The van der Waals surface area contributed by atoms with Gasteiger partial charge in [-0.25, -0.2) is 4.21 Å². The standard InChI is InChI=1S/C15H16OS2Si/c1-19(2,3)14-10-6-9-13-15(14)17-11-7-4-5-8-12(11)18(13)16/h4-10H,1-3H3. The zero-order chi connectivity index (χ0) is 13.6. The first kappa shape index (κ1) is 13.2. The fourth-order valence-electron chi connectivity index (χ4n) is 2.27. The Hall–Kier alpha value is -0.843. The largest absolute Gasteiger partial charge is 0.249 e. The van der Waals surface area contributed by atoms with Crippen molar-refractivity contribution in [2.75, 3.05) is 0 Å². The summed E-state index contributed by atoms with van der Waals surface area (Å²) >= 11 is 1.78. The lowest BCUT2D eigenvalue weighted by Gasteiger charge is -2.26. The molecule has 3 rings (SSSR count). The number of fused-ring (bicyclic) bond motifs is 2. The lowest BCUT2D eigenvalue weighted by Crippen LogP contribution is -2.39. The molecule has 2 aromatic carbocycles. The molecule has 0 N–H and O–H groups in total. The van der Waals surface area contributed by atoms with Crippen molar-refractivity contribution >= 4 is 35.8 Å². The average Bonchev–Trinajstić information content (AvgIpc) is 2.37. The predicted octanol–water partition coefficient (Wildman–Crippen LogP) is 3.86. The highest BCUT2D eigenvalue weighted by Crippen LogP contribution is 2.42. The number of rotatable bonds is 1. The first-order valence-electron chi connectivity index (χ1n) is 6.30. The summed E-state index contributed by atoms with van der Waals surface area (Å²) < 4.78 is 12.7. The second-order valence-electron chi connectivity index (χ2n) is 5.70. The van der Waals surface area contributed by atoms with Crippen LogP contribution in [0.4, 0.5) is 0 Å². The van der Waals surface area contributed by atoms with Gasteiger partial charge in [-0.2, -0.15) is 0 Å². The van der Waals surface area contributed by atoms with E-state index in [-0.39, 0.29) is 0 Å². The van der Waals surface area contributed by atoms with Crippen molar-refractivity contribution in [2.45, 2.75) is 39.2 Å². The highest BCUT2D eigenvalue weighted by molar-refractivity contribution is 8.01. The molecular formula is C15H16OS2Si. The van der Waals surface area contributed by atoms with E-state index in [9.17, 15) is 4.21 Å². The highest BCUT2D eigenvalue weighted by Gasteiger charge is 2.29. The topological polar surface area (TPSA) is 17.1 Å². The summed E-state index contributed by atoms with van der Waals surface area (Å²) in [5.74, 6) is 0. The van der Waals surface area contributed by atoms with Gasteiger partial charge in [-0.3, -0.25) is 0 Å². The number of benzene rings is 2. The molecule has 0 amide bonds. The molecule has 0 radical (unpaired) electrons. The molecule has 2 aromatic rings. The van der Waals surface area contributed by atoms with E-state index in [1.54, 1.807) is 11.8 Å². The quantitative estimate of drug-likeness (QED) is 0.635. The molecule has 0 fully saturated rings. The molecule has 19 heavy (non-hydrogen) atoms. The van der Waals surface area contributed by atoms with E-state index in [2.05, 4.69) is 37.8 Å². The third-order valence-electron chi connectivity index (χ3n) is 3.25. The van der Waals surface area contributed by atoms with Gasteiger partial charge in [0.05, 0.1) is 28.7 Å². The Morgan fingerprint density at radius 3 is 2.37 bits per heavy atom. The van der Waals surface area contributed by atoms with Crippen LogP contribution < -0.4 is 5.19 Å². The van der Waals surface area contributed by atoms with Crippen LogP contribution in [0.3, 0.4) is 0 Å². The molecule has 98 valence electrons. The molecule has 0 saturated heterocycles. The smallest absolute Gasteiger partial charge is 0.0872 e. The van der Waals surface area contributed by atoms with E-state index in [1.165, 1.54) is 10.1 Å². The number of hydrogen-bond acceptors (Lipinski definition) is 2. The molecule has 1 nitrogen and oxygen atoms in total. The molecule has 0 bridgehead atoms. The van der Waals surface area contributed by atoms with Gasteiger partial charge in [0.15, 0.2) is 0 Å². The first-order valence-corrected chi connectivity index (χ1v) is 11.8. The normalized spacial score (nSPS) is 17.7. The van der Waals surface area contributed by atoms with Gasteiger partial charge in [-0.1, -0.05) is 55.7 Å². The van der Waals surface area contributed by atoms with Gasteiger partial charge in [0, 0.05) is 9.79 Å². The monoisotopic (exact) mass is 304 g/mol. The molecule has 1 heterocycles. The lowest BCUT2D eigenvalue weighted by molar-refractivity contribution is 0.679.